The van der Waals surface area contributed by atoms with Gasteiger partial charge in [-0.3, -0.25) is 4.79 Å². The lowest BCUT2D eigenvalue weighted by Crippen LogP contribution is -2.32. The Morgan fingerprint density at radius 1 is 1.62 bits per heavy atom. The van der Waals surface area contributed by atoms with Gasteiger partial charge in [-0.25, -0.2) is 8.42 Å². The molecule has 0 radical (unpaired) electrons. The first-order valence-electron chi connectivity index (χ1n) is 4.25. The summed E-state index contributed by atoms with van der Waals surface area (Å²) in [6.45, 7) is -0.323. The van der Waals surface area contributed by atoms with E-state index in [0.717, 1.165) is 15.6 Å². The number of anilines is 1. The number of sulfonamides is 1. The van der Waals surface area contributed by atoms with Gasteiger partial charge in [0.1, 0.15) is 10.8 Å². The van der Waals surface area contributed by atoms with E-state index in [1.807, 2.05) is 0 Å². The lowest BCUT2D eigenvalue weighted by molar-refractivity contribution is -0.140. The minimum absolute atomic E-state index is 0.108. The first-order valence-corrected chi connectivity index (χ1v) is 6.57. The van der Waals surface area contributed by atoms with Crippen LogP contribution in [0, 0.1) is 0 Å². The second-order valence-electron chi connectivity index (χ2n) is 3.04. The fourth-order valence-electron chi connectivity index (χ4n) is 0.950. The predicted molar refractivity (Wildman–Crippen MR) is 60.6 cm³/mol. The fraction of sp³-hybridized carbons (Fsp3) is 0.375. The van der Waals surface area contributed by atoms with Crippen molar-refractivity contribution in [1.29, 1.82) is 0 Å². The maximum atomic E-state index is 11.9. The molecule has 1 rings (SSSR count). The number of likely N-dealkylation sites (N-methyl/N-ethyl adjacent to an activating group) is 1. The molecule has 1 aromatic rings. The highest BCUT2D eigenvalue weighted by molar-refractivity contribution is 7.91. The molecule has 0 saturated carbocycles. The van der Waals surface area contributed by atoms with Crippen molar-refractivity contribution in [3.63, 3.8) is 0 Å². The smallest absolute Gasteiger partial charge is 0.321 e. The Balaban J connectivity index is 2.90. The van der Waals surface area contributed by atoms with E-state index in [1.54, 1.807) is 0 Å². The molecule has 8 heteroatoms. The highest BCUT2D eigenvalue weighted by atomic mass is 32.2. The third-order valence-electron chi connectivity index (χ3n) is 1.84. The van der Waals surface area contributed by atoms with E-state index < -0.39 is 16.0 Å². The van der Waals surface area contributed by atoms with Crippen LogP contribution in [0.3, 0.4) is 0 Å². The number of nitrogens with zero attached hydrogens (tertiary/aromatic N) is 1. The number of hydrogen-bond donors (Lipinski definition) is 1. The van der Waals surface area contributed by atoms with E-state index >= 15 is 0 Å². The van der Waals surface area contributed by atoms with Crippen LogP contribution in [0.25, 0.3) is 0 Å². The second kappa shape index (κ2) is 4.81. The molecular formula is C8H12N2O4S2. The lowest BCUT2D eigenvalue weighted by atomic mass is 10.6. The van der Waals surface area contributed by atoms with Crippen LogP contribution in [0.4, 0.5) is 5.69 Å². The quantitative estimate of drug-likeness (QED) is 0.780. The zero-order chi connectivity index (χ0) is 12.3. The summed E-state index contributed by atoms with van der Waals surface area (Å²) in [5.41, 5.74) is 5.82. The van der Waals surface area contributed by atoms with E-state index in [1.165, 1.54) is 25.6 Å². The molecule has 1 aromatic heterocycles. The molecule has 0 saturated heterocycles. The predicted octanol–water partition coefficient (Wildman–Crippen LogP) is 0.124. The molecule has 0 amide bonds. The van der Waals surface area contributed by atoms with Crippen molar-refractivity contribution in [1.82, 2.24) is 4.31 Å². The number of esters is 1. The van der Waals surface area contributed by atoms with Gasteiger partial charge in [0, 0.05) is 18.1 Å². The van der Waals surface area contributed by atoms with E-state index in [0.29, 0.717) is 5.69 Å². The third-order valence-corrected chi connectivity index (χ3v) is 5.08. The molecule has 0 spiro atoms. The minimum Gasteiger partial charge on any atom is -0.468 e. The summed E-state index contributed by atoms with van der Waals surface area (Å²) in [6.07, 6.45) is 0. The largest absolute Gasteiger partial charge is 0.468 e. The first kappa shape index (κ1) is 12.9. The Kier molecular flexibility index (Phi) is 3.89. The monoisotopic (exact) mass is 264 g/mol. The molecule has 2 N–H and O–H groups in total. The van der Waals surface area contributed by atoms with Crippen molar-refractivity contribution in [2.45, 2.75) is 4.21 Å². The fourth-order valence-corrected chi connectivity index (χ4v) is 3.35. The summed E-state index contributed by atoms with van der Waals surface area (Å²) < 4.78 is 29.2. The molecule has 16 heavy (non-hydrogen) atoms. The zero-order valence-corrected chi connectivity index (χ0v) is 10.5. The van der Waals surface area contributed by atoms with Crippen LogP contribution in [0.5, 0.6) is 0 Å². The summed E-state index contributed by atoms with van der Waals surface area (Å²) in [4.78, 5) is 11.0. The van der Waals surface area contributed by atoms with Gasteiger partial charge in [-0.1, -0.05) is 0 Å². The van der Waals surface area contributed by atoms with Crippen LogP contribution in [-0.2, 0) is 19.6 Å². The third kappa shape index (κ3) is 2.71. The Labute approximate surface area is 97.7 Å². The van der Waals surface area contributed by atoms with Crippen LogP contribution >= 0.6 is 11.3 Å². The number of nitrogen functional groups attached to an aromatic ring is 1. The van der Waals surface area contributed by atoms with Gasteiger partial charge in [-0.2, -0.15) is 4.31 Å². The van der Waals surface area contributed by atoms with Gasteiger partial charge in [0.15, 0.2) is 0 Å². The van der Waals surface area contributed by atoms with Crippen molar-refractivity contribution < 1.29 is 17.9 Å². The number of thiophene rings is 1. The van der Waals surface area contributed by atoms with Gasteiger partial charge >= 0.3 is 5.97 Å². The van der Waals surface area contributed by atoms with E-state index in [2.05, 4.69) is 4.74 Å². The van der Waals surface area contributed by atoms with Crippen LogP contribution < -0.4 is 5.73 Å². The molecule has 0 bridgehead atoms. The van der Waals surface area contributed by atoms with Gasteiger partial charge in [-0.15, -0.1) is 11.3 Å². The molecule has 0 aromatic carbocycles. The highest BCUT2D eigenvalue weighted by Gasteiger charge is 2.24. The number of carbonyl (C=O) groups is 1. The Bertz CT molecular complexity index is 480. The molecule has 1 heterocycles. The Morgan fingerprint density at radius 3 is 2.69 bits per heavy atom. The van der Waals surface area contributed by atoms with Crippen molar-refractivity contribution in [3.05, 3.63) is 11.4 Å². The summed E-state index contributed by atoms with van der Waals surface area (Å²) in [5.74, 6) is -0.615. The van der Waals surface area contributed by atoms with Crippen LogP contribution in [0.15, 0.2) is 15.7 Å². The van der Waals surface area contributed by atoms with Crippen LogP contribution in [0.1, 0.15) is 0 Å². The van der Waals surface area contributed by atoms with Crippen molar-refractivity contribution >= 4 is 33.0 Å². The average Bonchev–Trinajstić information content (AvgIpc) is 2.65. The van der Waals surface area contributed by atoms with Crippen LogP contribution in [0.2, 0.25) is 0 Å². The molecule has 90 valence electrons. The highest BCUT2D eigenvalue weighted by Crippen LogP contribution is 2.24. The molecule has 0 fully saturated rings. The molecular weight excluding hydrogens is 252 g/mol. The van der Waals surface area contributed by atoms with Gasteiger partial charge in [-0.05, 0) is 6.07 Å². The van der Waals surface area contributed by atoms with Crippen LogP contribution in [-0.4, -0.2) is 39.4 Å². The van der Waals surface area contributed by atoms with Gasteiger partial charge < -0.3 is 10.5 Å². The first-order chi connectivity index (χ1) is 7.37. The lowest BCUT2D eigenvalue weighted by Gasteiger charge is -2.13. The number of nitrogens with two attached hydrogens (primary N) is 1. The second-order valence-corrected chi connectivity index (χ2v) is 6.22. The zero-order valence-electron chi connectivity index (χ0n) is 8.84. The van der Waals surface area contributed by atoms with Gasteiger partial charge in [0.05, 0.1) is 7.11 Å². The standard InChI is InChI=1S/C8H12N2O4S2/c1-10(4-7(11)14-2)16(12,13)8-3-6(9)5-15-8/h3,5H,4,9H2,1-2H3. The van der Waals surface area contributed by atoms with Gasteiger partial charge in [0.2, 0.25) is 0 Å². The summed E-state index contributed by atoms with van der Waals surface area (Å²) in [5, 5.41) is 1.53. The number of carbonyl (C=O) groups excluding carboxylic acids is 1. The van der Waals surface area contributed by atoms with Crippen molar-refractivity contribution in [2.24, 2.45) is 0 Å². The van der Waals surface area contributed by atoms with E-state index in [4.69, 9.17) is 5.73 Å². The molecule has 0 atom stereocenters. The molecule has 6 nitrogen and oxygen atoms in total. The minimum atomic E-state index is -3.65. The normalized spacial score (nSPS) is 11.7. The van der Waals surface area contributed by atoms with Crippen molar-refractivity contribution in [3.8, 4) is 0 Å². The molecule has 0 aliphatic carbocycles. The number of rotatable bonds is 4. The number of hydrogen-bond acceptors (Lipinski definition) is 6. The van der Waals surface area contributed by atoms with Gasteiger partial charge in [0.25, 0.3) is 10.0 Å². The van der Waals surface area contributed by atoms with Crippen molar-refractivity contribution in [2.75, 3.05) is 26.4 Å². The number of methoxy groups -OCH3 is 1. The SMILES string of the molecule is COC(=O)CN(C)S(=O)(=O)c1cc(N)cs1. The Morgan fingerprint density at radius 2 is 2.25 bits per heavy atom. The summed E-state index contributed by atoms with van der Waals surface area (Å²) in [7, 11) is -1.14. The topological polar surface area (TPSA) is 89.7 Å². The number of ether oxygens (including phenoxy) is 1. The summed E-state index contributed by atoms with van der Waals surface area (Å²) in [6, 6.07) is 1.35. The maximum absolute atomic E-state index is 11.9. The maximum Gasteiger partial charge on any atom is 0.321 e. The summed E-state index contributed by atoms with van der Waals surface area (Å²) >= 11 is 1.01. The molecule has 0 unspecified atom stereocenters. The van der Waals surface area contributed by atoms with E-state index in [9.17, 15) is 13.2 Å². The van der Waals surface area contributed by atoms with E-state index in [-0.39, 0.29) is 10.8 Å². The molecule has 0 aliphatic rings. The Hall–Kier alpha value is -1.12. The molecule has 0 aliphatic heterocycles. The average molecular weight is 264 g/mol.